The molecule has 5 rings (SSSR count). The predicted molar refractivity (Wildman–Crippen MR) is 109 cm³/mol. The van der Waals surface area contributed by atoms with Crippen LogP contribution in [0.2, 0.25) is 0 Å². The van der Waals surface area contributed by atoms with Crippen molar-refractivity contribution < 1.29 is 17.9 Å². The van der Waals surface area contributed by atoms with Gasteiger partial charge in [-0.2, -0.15) is 4.31 Å². The SMILES string of the molecule is CN1CC[C@@H]2CN(S(=O)(=O)c3ccccc3-c3cccc4c3OCC4)C[C@@H]2C1=O. The van der Waals surface area contributed by atoms with Crippen LogP contribution in [0.3, 0.4) is 0 Å². The first-order chi connectivity index (χ1) is 14.0. The number of hydrogen-bond acceptors (Lipinski definition) is 4. The van der Waals surface area contributed by atoms with Crippen LogP contribution in [-0.4, -0.2) is 56.8 Å². The van der Waals surface area contributed by atoms with Crippen LogP contribution in [-0.2, 0) is 21.2 Å². The van der Waals surface area contributed by atoms with Crippen molar-refractivity contribution >= 4 is 15.9 Å². The topological polar surface area (TPSA) is 66.9 Å². The van der Waals surface area contributed by atoms with E-state index in [0.717, 1.165) is 29.7 Å². The highest BCUT2D eigenvalue weighted by Gasteiger charge is 2.46. The molecule has 0 bridgehead atoms. The minimum atomic E-state index is -3.73. The number of ether oxygens (including phenoxy) is 1. The van der Waals surface area contributed by atoms with Gasteiger partial charge in [0.25, 0.3) is 0 Å². The molecule has 3 heterocycles. The summed E-state index contributed by atoms with van der Waals surface area (Å²) in [6.07, 6.45) is 1.68. The number of likely N-dealkylation sites (tertiary alicyclic amines) is 1. The van der Waals surface area contributed by atoms with Gasteiger partial charge < -0.3 is 9.64 Å². The second-order valence-electron chi connectivity index (χ2n) is 8.13. The summed E-state index contributed by atoms with van der Waals surface area (Å²) in [6, 6.07) is 13.0. The normalized spacial score (nSPS) is 24.3. The van der Waals surface area contributed by atoms with Gasteiger partial charge >= 0.3 is 0 Å². The quantitative estimate of drug-likeness (QED) is 0.776. The van der Waals surface area contributed by atoms with E-state index in [-0.39, 0.29) is 29.2 Å². The number of benzene rings is 2. The average molecular weight is 413 g/mol. The van der Waals surface area contributed by atoms with Crippen molar-refractivity contribution in [3.63, 3.8) is 0 Å². The van der Waals surface area contributed by atoms with Gasteiger partial charge in [0, 0.05) is 44.2 Å². The maximum Gasteiger partial charge on any atom is 0.243 e. The molecule has 2 aromatic carbocycles. The largest absolute Gasteiger partial charge is 0.492 e. The fraction of sp³-hybridized carbons (Fsp3) is 0.409. The van der Waals surface area contributed by atoms with E-state index >= 15 is 0 Å². The van der Waals surface area contributed by atoms with Crippen LogP contribution >= 0.6 is 0 Å². The van der Waals surface area contributed by atoms with Crippen molar-refractivity contribution in [2.75, 3.05) is 33.3 Å². The summed E-state index contributed by atoms with van der Waals surface area (Å²) in [5.41, 5.74) is 2.58. The van der Waals surface area contributed by atoms with Crippen molar-refractivity contribution in [3.05, 3.63) is 48.0 Å². The standard InChI is InChI=1S/C22H24N2O4S/c1-23-11-9-16-13-24(14-19(16)22(23)25)29(26,27)20-8-3-2-6-17(20)18-7-4-5-15-10-12-28-21(15)18/h2-8,16,19H,9-14H2,1H3/t16-,19+/m1/s1. The molecule has 6 nitrogen and oxygen atoms in total. The zero-order valence-electron chi connectivity index (χ0n) is 16.4. The molecular weight excluding hydrogens is 388 g/mol. The van der Waals surface area contributed by atoms with Crippen LogP contribution in [0.1, 0.15) is 12.0 Å². The number of hydrogen-bond donors (Lipinski definition) is 0. The molecule has 7 heteroatoms. The highest BCUT2D eigenvalue weighted by Crippen LogP contribution is 2.41. The lowest BCUT2D eigenvalue weighted by Gasteiger charge is -2.30. The number of amides is 1. The number of para-hydroxylation sites is 1. The number of piperidine rings is 1. The molecule has 29 heavy (non-hydrogen) atoms. The van der Waals surface area contributed by atoms with Crippen LogP contribution in [0.5, 0.6) is 5.75 Å². The minimum Gasteiger partial charge on any atom is -0.492 e. The second kappa shape index (κ2) is 6.85. The fourth-order valence-corrected chi connectivity index (χ4v) is 6.56. The van der Waals surface area contributed by atoms with E-state index in [9.17, 15) is 13.2 Å². The maximum absolute atomic E-state index is 13.6. The fourth-order valence-electron chi connectivity index (χ4n) is 4.83. The van der Waals surface area contributed by atoms with Crippen molar-refractivity contribution in [1.82, 2.24) is 9.21 Å². The Morgan fingerprint density at radius 3 is 2.69 bits per heavy atom. The third-order valence-corrected chi connectivity index (χ3v) is 8.34. The molecule has 0 spiro atoms. The minimum absolute atomic E-state index is 0.0570. The third-order valence-electron chi connectivity index (χ3n) is 6.45. The summed E-state index contributed by atoms with van der Waals surface area (Å²) in [4.78, 5) is 14.5. The van der Waals surface area contributed by atoms with E-state index in [2.05, 4.69) is 0 Å². The number of fused-ring (bicyclic) bond motifs is 2. The molecule has 0 N–H and O–H groups in total. The highest BCUT2D eigenvalue weighted by atomic mass is 32.2. The van der Waals surface area contributed by atoms with Crippen molar-refractivity contribution in [2.24, 2.45) is 11.8 Å². The zero-order valence-corrected chi connectivity index (χ0v) is 17.2. The number of rotatable bonds is 3. The monoisotopic (exact) mass is 412 g/mol. The molecule has 3 aliphatic heterocycles. The van der Waals surface area contributed by atoms with E-state index < -0.39 is 10.0 Å². The van der Waals surface area contributed by atoms with E-state index in [4.69, 9.17) is 4.74 Å². The maximum atomic E-state index is 13.6. The van der Waals surface area contributed by atoms with Crippen LogP contribution in [0, 0.1) is 11.8 Å². The molecule has 0 radical (unpaired) electrons. The van der Waals surface area contributed by atoms with Crippen molar-refractivity contribution in [2.45, 2.75) is 17.7 Å². The number of carbonyl (C=O) groups excluding carboxylic acids is 1. The molecule has 0 aromatic heterocycles. The summed E-state index contributed by atoms with van der Waals surface area (Å²) in [6.45, 7) is 1.97. The second-order valence-corrected chi connectivity index (χ2v) is 10.0. The van der Waals surface area contributed by atoms with Gasteiger partial charge in [0.1, 0.15) is 5.75 Å². The Balaban J connectivity index is 1.54. The molecule has 152 valence electrons. The summed E-state index contributed by atoms with van der Waals surface area (Å²) >= 11 is 0. The Morgan fingerprint density at radius 1 is 1.03 bits per heavy atom. The summed E-state index contributed by atoms with van der Waals surface area (Å²) in [5.74, 6) is 0.702. The summed E-state index contributed by atoms with van der Waals surface area (Å²) in [5, 5.41) is 0. The third kappa shape index (κ3) is 2.95. The summed E-state index contributed by atoms with van der Waals surface area (Å²) in [7, 11) is -1.93. The van der Waals surface area contributed by atoms with Gasteiger partial charge in [-0.15, -0.1) is 0 Å². The first-order valence-corrected chi connectivity index (χ1v) is 11.5. The molecule has 1 amide bonds. The lowest BCUT2D eigenvalue weighted by atomic mass is 9.88. The van der Waals surface area contributed by atoms with Gasteiger partial charge in [-0.3, -0.25) is 4.79 Å². The number of carbonyl (C=O) groups is 1. The smallest absolute Gasteiger partial charge is 0.243 e. The van der Waals surface area contributed by atoms with E-state index in [1.807, 2.05) is 30.3 Å². The van der Waals surface area contributed by atoms with Gasteiger partial charge in [-0.05, 0) is 24.0 Å². The predicted octanol–water partition coefficient (Wildman–Crippen LogP) is 2.39. The Bertz CT molecular complexity index is 1080. The van der Waals surface area contributed by atoms with E-state index in [0.29, 0.717) is 25.3 Å². The van der Waals surface area contributed by atoms with Gasteiger partial charge in [-0.25, -0.2) is 8.42 Å². The van der Waals surface area contributed by atoms with Gasteiger partial charge in [0.05, 0.1) is 17.4 Å². The lowest BCUT2D eigenvalue weighted by molar-refractivity contribution is -0.137. The molecule has 2 atom stereocenters. The summed E-state index contributed by atoms with van der Waals surface area (Å²) < 4.78 is 34.6. The lowest BCUT2D eigenvalue weighted by Crippen LogP contribution is -2.42. The van der Waals surface area contributed by atoms with Crippen molar-refractivity contribution in [1.29, 1.82) is 0 Å². The molecular formula is C22H24N2O4S. The van der Waals surface area contributed by atoms with Gasteiger partial charge in [-0.1, -0.05) is 36.4 Å². The first-order valence-electron chi connectivity index (χ1n) is 10.1. The highest BCUT2D eigenvalue weighted by molar-refractivity contribution is 7.89. The van der Waals surface area contributed by atoms with Gasteiger partial charge in [0.2, 0.25) is 15.9 Å². The van der Waals surface area contributed by atoms with E-state index in [1.54, 1.807) is 24.1 Å². The van der Waals surface area contributed by atoms with Crippen LogP contribution < -0.4 is 4.74 Å². The van der Waals surface area contributed by atoms with Gasteiger partial charge in [0.15, 0.2) is 0 Å². The molecule has 3 aliphatic rings. The van der Waals surface area contributed by atoms with Crippen molar-refractivity contribution in [3.8, 4) is 16.9 Å². The molecule has 2 aromatic rings. The average Bonchev–Trinajstić information content (AvgIpc) is 3.38. The van der Waals surface area contributed by atoms with Crippen LogP contribution in [0.4, 0.5) is 0 Å². The molecule has 0 saturated carbocycles. The Kier molecular flexibility index (Phi) is 4.40. The Hall–Kier alpha value is -2.38. The number of nitrogens with zero attached hydrogens (tertiary/aromatic N) is 2. The molecule has 2 saturated heterocycles. The number of sulfonamides is 1. The van der Waals surface area contributed by atoms with Crippen LogP contribution in [0.15, 0.2) is 47.4 Å². The molecule has 2 fully saturated rings. The van der Waals surface area contributed by atoms with Crippen LogP contribution in [0.25, 0.3) is 11.1 Å². The molecule has 0 aliphatic carbocycles. The molecule has 0 unspecified atom stereocenters. The Labute approximate surface area is 171 Å². The first kappa shape index (κ1) is 18.6. The zero-order chi connectivity index (χ0) is 20.2. The Morgan fingerprint density at radius 2 is 1.83 bits per heavy atom. The van der Waals surface area contributed by atoms with E-state index in [1.165, 1.54) is 4.31 Å².